The van der Waals surface area contributed by atoms with Gasteiger partial charge in [-0.3, -0.25) is 4.79 Å². The zero-order valence-electron chi connectivity index (χ0n) is 12.7. The first-order valence-electron chi connectivity index (χ1n) is 7.31. The molecule has 1 N–H and O–H groups in total. The third kappa shape index (κ3) is 4.11. The van der Waals surface area contributed by atoms with Crippen molar-refractivity contribution >= 4 is 17.5 Å². The molecule has 24 heavy (non-hydrogen) atoms. The fraction of sp³-hybridized carbons (Fsp3) is 0.118. The van der Waals surface area contributed by atoms with Gasteiger partial charge in [0.1, 0.15) is 0 Å². The number of nitrogens with zero attached hydrogens (tertiary/aromatic N) is 3. The van der Waals surface area contributed by atoms with Crippen molar-refractivity contribution in [3.63, 3.8) is 0 Å². The van der Waals surface area contributed by atoms with Crippen LogP contribution in [0.4, 0.5) is 0 Å². The van der Waals surface area contributed by atoms with E-state index in [4.69, 9.17) is 16.3 Å². The van der Waals surface area contributed by atoms with Crippen LogP contribution in [-0.4, -0.2) is 27.3 Å². The second kappa shape index (κ2) is 7.61. The molecule has 6 nitrogen and oxygen atoms in total. The van der Waals surface area contributed by atoms with Gasteiger partial charge < -0.3 is 10.1 Å². The van der Waals surface area contributed by atoms with Gasteiger partial charge in [0.25, 0.3) is 5.91 Å². The molecule has 0 aliphatic rings. The minimum absolute atomic E-state index is 0.127. The molecule has 122 valence electrons. The molecule has 0 saturated heterocycles. The maximum absolute atomic E-state index is 11.9. The molecule has 3 aromatic rings. The number of halogens is 1. The number of carbonyl (C=O) groups excluding carboxylic acids is 1. The minimum atomic E-state index is -0.248. The van der Waals surface area contributed by atoms with E-state index in [0.717, 1.165) is 11.3 Å². The molecule has 0 saturated carbocycles. The Kier molecular flexibility index (Phi) is 5.08. The lowest BCUT2D eigenvalue weighted by molar-refractivity contribution is -0.123. The summed E-state index contributed by atoms with van der Waals surface area (Å²) in [5, 5.41) is 7.28. The highest BCUT2D eigenvalue weighted by molar-refractivity contribution is 6.30. The molecule has 0 aliphatic carbocycles. The number of nitrogens with one attached hydrogen (secondary N) is 1. The fourth-order valence-electron chi connectivity index (χ4n) is 2.05. The number of benzene rings is 1. The van der Waals surface area contributed by atoms with Gasteiger partial charge in [-0.15, -0.1) is 0 Å². The second-order valence-electron chi connectivity index (χ2n) is 4.99. The van der Waals surface area contributed by atoms with Crippen LogP contribution in [0.1, 0.15) is 5.56 Å². The molecule has 0 fully saturated rings. The quantitative estimate of drug-likeness (QED) is 0.699. The lowest BCUT2D eigenvalue weighted by Crippen LogP contribution is -2.28. The first-order chi connectivity index (χ1) is 11.7. The normalized spacial score (nSPS) is 10.4. The Morgan fingerprint density at radius 3 is 2.83 bits per heavy atom. The van der Waals surface area contributed by atoms with Crippen LogP contribution in [0.5, 0.6) is 5.75 Å². The van der Waals surface area contributed by atoms with Crippen molar-refractivity contribution < 1.29 is 9.53 Å². The molecule has 2 aromatic heterocycles. The van der Waals surface area contributed by atoms with Gasteiger partial charge in [-0.25, -0.2) is 9.67 Å². The molecule has 0 bridgehead atoms. The summed E-state index contributed by atoms with van der Waals surface area (Å²) in [7, 11) is 0. The van der Waals surface area contributed by atoms with Crippen molar-refractivity contribution in [1.82, 2.24) is 20.1 Å². The van der Waals surface area contributed by atoms with E-state index in [2.05, 4.69) is 15.4 Å². The van der Waals surface area contributed by atoms with Gasteiger partial charge in [-0.05, 0) is 24.3 Å². The van der Waals surface area contributed by atoms with Gasteiger partial charge >= 0.3 is 0 Å². The van der Waals surface area contributed by atoms with Gasteiger partial charge in [-0.1, -0.05) is 29.8 Å². The Morgan fingerprint density at radius 2 is 2.04 bits per heavy atom. The second-order valence-corrected chi connectivity index (χ2v) is 5.34. The van der Waals surface area contributed by atoms with E-state index in [9.17, 15) is 4.79 Å². The van der Waals surface area contributed by atoms with Gasteiger partial charge in [-0.2, -0.15) is 5.10 Å². The molecule has 0 unspecified atom stereocenters. The summed E-state index contributed by atoms with van der Waals surface area (Å²) in [4.78, 5) is 15.7. The Labute approximate surface area is 144 Å². The maximum Gasteiger partial charge on any atom is 0.258 e. The molecule has 0 aliphatic heterocycles. The zero-order valence-corrected chi connectivity index (χ0v) is 13.5. The summed E-state index contributed by atoms with van der Waals surface area (Å²) < 4.78 is 7.09. The topological polar surface area (TPSA) is 69.0 Å². The molecular weight excluding hydrogens is 328 g/mol. The first kappa shape index (κ1) is 16.0. The Bertz CT molecular complexity index is 820. The van der Waals surface area contributed by atoms with Crippen molar-refractivity contribution in [3.8, 4) is 11.4 Å². The number of ether oxygens (including phenoxy) is 1. The molecule has 3 rings (SSSR count). The molecular formula is C17H15ClN4O2. The zero-order chi connectivity index (χ0) is 16.8. The highest BCUT2D eigenvalue weighted by Crippen LogP contribution is 2.19. The average Bonchev–Trinajstić information content (AvgIpc) is 3.09. The van der Waals surface area contributed by atoms with E-state index < -0.39 is 0 Å². The fourth-order valence-corrected chi connectivity index (χ4v) is 2.22. The van der Waals surface area contributed by atoms with Crippen LogP contribution >= 0.6 is 11.6 Å². The van der Waals surface area contributed by atoms with Crippen LogP contribution in [-0.2, 0) is 11.3 Å². The van der Waals surface area contributed by atoms with E-state index in [1.165, 1.54) is 0 Å². The van der Waals surface area contributed by atoms with Crippen LogP contribution in [0.3, 0.4) is 0 Å². The number of para-hydroxylation sites is 1. The van der Waals surface area contributed by atoms with Crippen LogP contribution in [0, 0.1) is 0 Å². The molecule has 0 radical (unpaired) electrons. The van der Waals surface area contributed by atoms with E-state index in [0.29, 0.717) is 12.3 Å². The van der Waals surface area contributed by atoms with E-state index in [1.807, 2.05) is 36.5 Å². The summed E-state index contributed by atoms with van der Waals surface area (Å²) in [6, 6.07) is 13.1. The van der Waals surface area contributed by atoms with E-state index >= 15 is 0 Å². The summed E-state index contributed by atoms with van der Waals surface area (Å²) in [6.45, 7) is 0.244. The lowest BCUT2D eigenvalue weighted by Gasteiger charge is -2.07. The van der Waals surface area contributed by atoms with E-state index in [1.54, 1.807) is 29.2 Å². The highest BCUT2D eigenvalue weighted by Gasteiger charge is 2.07. The summed E-state index contributed by atoms with van der Waals surface area (Å²) in [5.74, 6) is 0.133. The predicted octanol–water partition coefficient (Wildman–Crippen LogP) is 2.62. The highest BCUT2D eigenvalue weighted by atomic mass is 35.5. The SMILES string of the molecule is O=C(COc1cccnc1Cl)NCc1cnn(-c2ccccc2)c1. The molecule has 2 heterocycles. The predicted molar refractivity (Wildman–Crippen MR) is 90.2 cm³/mol. The Hall–Kier alpha value is -2.86. The number of carbonyl (C=O) groups is 1. The first-order valence-corrected chi connectivity index (χ1v) is 7.69. The van der Waals surface area contributed by atoms with Gasteiger partial charge in [0.15, 0.2) is 17.5 Å². The van der Waals surface area contributed by atoms with Crippen molar-refractivity contribution in [2.75, 3.05) is 6.61 Å². The minimum Gasteiger partial charge on any atom is -0.481 e. The van der Waals surface area contributed by atoms with Crippen LogP contribution in [0.25, 0.3) is 5.69 Å². The Balaban J connectivity index is 1.50. The van der Waals surface area contributed by atoms with Crippen LogP contribution < -0.4 is 10.1 Å². The number of rotatable bonds is 6. The van der Waals surface area contributed by atoms with Crippen molar-refractivity contribution in [3.05, 3.63) is 71.8 Å². The summed E-state index contributed by atoms with van der Waals surface area (Å²) in [6.07, 6.45) is 5.14. The summed E-state index contributed by atoms with van der Waals surface area (Å²) >= 11 is 5.86. The average molecular weight is 343 g/mol. The van der Waals surface area contributed by atoms with E-state index in [-0.39, 0.29) is 17.7 Å². The van der Waals surface area contributed by atoms with Crippen molar-refractivity contribution in [2.45, 2.75) is 6.54 Å². The summed E-state index contributed by atoms with van der Waals surface area (Å²) in [5.41, 5.74) is 1.86. The standard InChI is InChI=1S/C17H15ClN4O2/c18-17-15(7-4-8-19-17)24-12-16(23)20-9-13-10-21-22(11-13)14-5-2-1-3-6-14/h1-8,10-11H,9,12H2,(H,20,23). The van der Waals surface area contributed by atoms with Crippen molar-refractivity contribution in [2.24, 2.45) is 0 Å². The van der Waals surface area contributed by atoms with Crippen molar-refractivity contribution in [1.29, 1.82) is 0 Å². The molecule has 0 spiro atoms. The number of aromatic nitrogens is 3. The molecule has 7 heteroatoms. The Morgan fingerprint density at radius 1 is 1.21 bits per heavy atom. The number of pyridine rings is 1. The van der Waals surface area contributed by atoms with Crippen LogP contribution in [0.2, 0.25) is 5.15 Å². The van der Waals surface area contributed by atoms with Gasteiger partial charge in [0, 0.05) is 24.5 Å². The largest absolute Gasteiger partial charge is 0.481 e. The van der Waals surface area contributed by atoms with Gasteiger partial charge in [0.05, 0.1) is 11.9 Å². The number of hydrogen-bond donors (Lipinski definition) is 1. The maximum atomic E-state index is 11.9. The molecule has 1 amide bonds. The third-order valence-corrected chi connectivity index (χ3v) is 3.51. The lowest BCUT2D eigenvalue weighted by atomic mass is 10.3. The molecule has 1 aromatic carbocycles. The number of amides is 1. The smallest absolute Gasteiger partial charge is 0.258 e. The monoisotopic (exact) mass is 342 g/mol. The van der Waals surface area contributed by atoms with Gasteiger partial charge in [0.2, 0.25) is 0 Å². The third-order valence-electron chi connectivity index (χ3n) is 3.23. The van der Waals surface area contributed by atoms with Crippen LogP contribution in [0.15, 0.2) is 61.1 Å². The number of hydrogen-bond acceptors (Lipinski definition) is 4. The molecule has 0 atom stereocenters.